The third-order valence-electron chi connectivity index (χ3n) is 3.06. The van der Waals surface area contributed by atoms with E-state index in [0.29, 0.717) is 12.3 Å². The van der Waals surface area contributed by atoms with Crippen molar-refractivity contribution in [2.24, 2.45) is 0 Å². The molecule has 1 atom stereocenters. The highest BCUT2D eigenvalue weighted by atomic mass is 31.2. The molecule has 0 fully saturated rings. The maximum atomic E-state index is 11.9. The molecule has 0 aliphatic rings. The SMILES string of the molecule is CCCCOP(=O)(O)Cc1ccc2cc(C)ccc2n1. The van der Waals surface area contributed by atoms with Crippen LogP contribution < -0.4 is 0 Å². The van der Waals surface area contributed by atoms with Crippen molar-refractivity contribution in [2.75, 3.05) is 6.61 Å². The number of nitrogens with zero attached hydrogens (tertiary/aromatic N) is 1. The molecule has 0 saturated heterocycles. The summed E-state index contributed by atoms with van der Waals surface area (Å²) in [5, 5.41) is 1.04. The van der Waals surface area contributed by atoms with Crippen molar-refractivity contribution >= 4 is 18.5 Å². The molecule has 2 aromatic rings. The lowest BCUT2D eigenvalue weighted by atomic mass is 10.1. The number of aromatic nitrogens is 1. The van der Waals surface area contributed by atoms with Gasteiger partial charge < -0.3 is 9.42 Å². The normalized spacial score (nSPS) is 14.3. The minimum absolute atomic E-state index is 0.0411. The maximum absolute atomic E-state index is 11.9. The molecule has 1 aromatic heterocycles. The molecule has 4 nitrogen and oxygen atoms in total. The monoisotopic (exact) mass is 293 g/mol. The molecule has 0 aliphatic carbocycles. The first-order valence-corrected chi connectivity index (χ1v) is 8.59. The number of pyridine rings is 1. The topological polar surface area (TPSA) is 59.4 Å². The Hall–Kier alpha value is -1.22. The van der Waals surface area contributed by atoms with E-state index in [2.05, 4.69) is 4.98 Å². The predicted octanol–water partition coefficient (Wildman–Crippen LogP) is 4.05. The molecule has 5 heteroatoms. The summed E-state index contributed by atoms with van der Waals surface area (Å²) >= 11 is 0. The molecule has 0 saturated carbocycles. The summed E-state index contributed by atoms with van der Waals surface area (Å²) < 4.78 is 17.0. The Morgan fingerprint density at radius 2 is 2.10 bits per heavy atom. The second kappa shape index (κ2) is 6.49. The van der Waals surface area contributed by atoms with Gasteiger partial charge in [-0.25, -0.2) is 0 Å². The summed E-state index contributed by atoms with van der Waals surface area (Å²) in [5.41, 5.74) is 2.59. The second-order valence-electron chi connectivity index (χ2n) is 4.98. The number of unbranched alkanes of at least 4 members (excludes halogenated alkanes) is 1. The molecule has 1 heterocycles. The summed E-state index contributed by atoms with van der Waals surface area (Å²) in [6.45, 7) is 4.35. The lowest BCUT2D eigenvalue weighted by molar-refractivity contribution is 0.254. The Morgan fingerprint density at radius 3 is 2.85 bits per heavy atom. The molecule has 1 unspecified atom stereocenters. The number of rotatable bonds is 6. The van der Waals surface area contributed by atoms with Crippen LogP contribution in [0.1, 0.15) is 31.0 Å². The molecule has 20 heavy (non-hydrogen) atoms. The highest BCUT2D eigenvalue weighted by Crippen LogP contribution is 2.45. The van der Waals surface area contributed by atoms with Gasteiger partial charge in [0.15, 0.2) is 0 Å². The third kappa shape index (κ3) is 4.14. The first kappa shape index (κ1) is 15.2. The van der Waals surface area contributed by atoms with E-state index < -0.39 is 7.60 Å². The van der Waals surface area contributed by atoms with Gasteiger partial charge in [0.05, 0.1) is 24.0 Å². The molecule has 0 spiro atoms. The standard InChI is InChI=1S/C15H20NO3P/c1-3-4-9-19-20(17,18)11-14-7-6-13-10-12(2)5-8-15(13)16-14/h5-8,10H,3-4,9,11H2,1-2H3,(H,17,18). The van der Waals surface area contributed by atoms with E-state index in [1.165, 1.54) is 5.56 Å². The van der Waals surface area contributed by atoms with Crippen LogP contribution >= 0.6 is 7.60 Å². The predicted molar refractivity (Wildman–Crippen MR) is 80.9 cm³/mol. The molecule has 0 aliphatic heterocycles. The van der Waals surface area contributed by atoms with Crippen LogP contribution in [0.2, 0.25) is 0 Å². The van der Waals surface area contributed by atoms with Crippen LogP contribution in [0.5, 0.6) is 0 Å². The second-order valence-corrected chi connectivity index (χ2v) is 6.83. The Balaban J connectivity index is 2.13. The summed E-state index contributed by atoms with van der Waals surface area (Å²) in [6.07, 6.45) is 1.68. The number of benzene rings is 1. The quantitative estimate of drug-likeness (QED) is 0.645. The summed E-state index contributed by atoms with van der Waals surface area (Å²) in [7, 11) is -3.59. The van der Waals surface area contributed by atoms with Crippen molar-refractivity contribution in [1.29, 1.82) is 0 Å². The zero-order valence-corrected chi connectivity index (χ0v) is 12.8. The van der Waals surface area contributed by atoms with Crippen molar-refractivity contribution in [1.82, 2.24) is 4.98 Å². The van der Waals surface area contributed by atoms with Crippen LogP contribution in [0.4, 0.5) is 0 Å². The fourth-order valence-corrected chi connectivity index (χ4v) is 3.07. The minimum atomic E-state index is -3.59. The van der Waals surface area contributed by atoms with Gasteiger partial charge in [-0.1, -0.05) is 31.0 Å². The zero-order chi connectivity index (χ0) is 14.6. The van der Waals surface area contributed by atoms with E-state index in [1.54, 1.807) is 6.07 Å². The van der Waals surface area contributed by atoms with Gasteiger partial charge in [-0.3, -0.25) is 9.55 Å². The Kier molecular flexibility index (Phi) is 4.92. The van der Waals surface area contributed by atoms with Gasteiger partial charge in [0.25, 0.3) is 0 Å². The molecule has 108 valence electrons. The fourth-order valence-electron chi connectivity index (χ4n) is 1.98. The number of hydrogen-bond donors (Lipinski definition) is 1. The zero-order valence-electron chi connectivity index (χ0n) is 11.9. The van der Waals surface area contributed by atoms with E-state index >= 15 is 0 Å². The van der Waals surface area contributed by atoms with Crippen molar-refractivity contribution in [3.63, 3.8) is 0 Å². The fraction of sp³-hybridized carbons (Fsp3) is 0.400. The molecular formula is C15H20NO3P. The van der Waals surface area contributed by atoms with E-state index in [4.69, 9.17) is 4.52 Å². The largest absolute Gasteiger partial charge is 0.334 e. The van der Waals surface area contributed by atoms with E-state index in [0.717, 1.165) is 23.7 Å². The molecule has 1 N–H and O–H groups in total. The van der Waals surface area contributed by atoms with Crippen LogP contribution in [-0.4, -0.2) is 16.5 Å². The molecule has 0 radical (unpaired) electrons. The summed E-state index contributed by atoms with van der Waals surface area (Å²) in [5.74, 6) is 0. The average molecular weight is 293 g/mol. The highest BCUT2D eigenvalue weighted by Gasteiger charge is 2.20. The minimum Gasteiger partial charge on any atom is -0.324 e. The highest BCUT2D eigenvalue weighted by molar-refractivity contribution is 7.51. The average Bonchev–Trinajstić information content (AvgIpc) is 2.38. The Labute approximate surface area is 119 Å². The molecule has 0 bridgehead atoms. The summed E-state index contributed by atoms with van der Waals surface area (Å²) in [6, 6.07) is 9.66. The van der Waals surface area contributed by atoms with Crippen molar-refractivity contribution in [2.45, 2.75) is 32.9 Å². The lowest BCUT2D eigenvalue weighted by Gasteiger charge is -2.12. The van der Waals surface area contributed by atoms with E-state index in [9.17, 15) is 9.46 Å². The van der Waals surface area contributed by atoms with Gasteiger partial charge in [0.2, 0.25) is 0 Å². The van der Waals surface area contributed by atoms with Crippen LogP contribution in [0.15, 0.2) is 30.3 Å². The Morgan fingerprint density at radius 1 is 1.30 bits per heavy atom. The maximum Gasteiger partial charge on any atom is 0.334 e. The van der Waals surface area contributed by atoms with E-state index in [-0.39, 0.29) is 6.16 Å². The van der Waals surface area contributed by atoms with Crippen LogP contribution in [0.3, 0.4) is 0 Å². The number of aryl methyl sites for hydroxylation is 1. The van der Waals surface area contributed by atoms with Crippen LogP contribution in [-0.2, 0) is 15.3 Å². The molecular weight excluding hydrogens is 273 g/mol. The molecule has 0 amide bonds. The van der Waals surface area contributed by atoms with Gasteiger partial charge >= 0.3 is 7.60 Å². The smallest absolute Gasteiger partial charge is 0.324 e. The van der Waals surface area contributed by atoms with Gasteiger partial charge in [-0.15, -0.1) is 0 Å². The lowest BCUT2D eigenvalue weighted by Crippen LogP contribution is -1.98. The first-order valence-electron chi connectivity index (χ1n) is 6.83. The number of fused-ring (bicyclic) bond motifs is 1. The molecule has 2 rings (SSSR count). The van der Waals surface area contributed by atoms with Gasteiger partial charge in [-0.05, 0) is 31.5 Å². The summed E-state index contributed by atoms with van der Waals surface area (Å²) in [4.78, 5) is 14.2. The molecule has 1 aromatic carbocycles. The van der Waals surface area contributed by atoms with Crippen LogP contribution in [0.25, 0.3) is 10.9 Å². The van der Waals surface area contributed by atoms with Crippen molar-refractivity contribution in [3.05, 3.63) is 41.6 Å². The van der Waals surface area contributed by atoms with Crippen molar-refractivity contribution in [3.8, 4) is 0 Å². The van der Waals surface area contributed by atoms with E-state index in [1.807, 2.05) is 38.1 Å². The number of hydrogen-bond acceptors (Lipinski definition) is 3. The van der Waals surface area contributed by atoms with Crippen LogP contribution in [0, 0.1) is 6.92 Å². The van der Waals surface area contributed by atoms with Gasteiger partial charge in [-0.2, -0.15) is 0 Å². The van der Waals surface area contributed by atoms with Gasteiger partial charge in [0, 0.05) is 5.39 Å². The van der Waals surface area contributed by atoms with Gasteiger partial charge in [0.1, 0.15) is 0 Å². The van der Waals surface area contributed by atoms with Crippen molar-refractivity contribution < 1.29 is 14.0 Å². The third-order valence-corrected chi connectivity index (χ3v) is 4.36. The first-order chi connectivity index (χ1) is 9.50. The Bertz CT molecular complexity index is 642.